The van der Waals surface area contributed by atoms with Crippen molar-refractivity contribution in [3.8, 4) is 12.8 Å². The lowest BCUT2D eigenvalue weighted by molar-refractivity contribution is 1.14. The quantitative estimate of drug-likeness (QED) is 0.346. The molecule has 0 bridgehead atoms. The van der Waals surface area contributed by atoms with Crippen LogP contribution in [-0.4, -0.2) is 5.88 Å². The molecule has 11 heavy (non-hydrogen) atoms. The van der Waals surface area contributed by atoms with E-state index in [1.54, 1.807) is 0 Å². The van der Waals surface area contributed by atoms with Gasteiger partial charge in [-0.2, -0.15) is 0 Å². The van der Waals surface area contributed by atoms with Gasteiger partial charge in [-0.05, 0) is 13.3 Å². The van der Waals surface area contributed by atoms with Crippen LogP contribution in [0.1, 0.15) is 20.3 Å². The zero-order chi connectivity index (χ0) is 9.11. The third-order valence-corrected chi connectivity index (χ3v) is 1.38. The number of allylic oxidation sites excluding steroid dienone is 4. The molecule has 0 saturated carbocycles. The molecule has 0 saturated heterocycles. The molecule has 0 aromatic carbocycles. The van der Waals surface area contributed by atoms with Gasteiger partial charge in [-0.15, -0.1) is 24.4 Å². The fraction of sp³-hybridized carbons (Fsp3) is 0.400. The first-order valence-electron chi connectivity index (χ1n) is 3.56. The number of terminal acetylenes is 1. The average Bonchev–Trinajstić information content (AvgIpc) is 2.10. The van der Waals surface area contributed by atoms with Crippen LogP contribution in [-0.2, 0) is 0 Å². The van der Waals surface area contributed by atoms with Gasteiger partial charge in [0.2, 0.25) is 0 Å². The first-order valence-corrected chi connectivity index (χ1v) is 4.09. The molecule has 62 valence electrons. The molecule has 0 amide bonds. The normalized spacial score (nSPS) is 10.8. The van der Waals surface area contributed by atoms with E-state index in [0.29, 0.717) is 5.88 Å². The molecular formula is C10H15Cl. The minimum Gasteiger partial charge on any atom is -0.124 e. The number of hydrogen-bond acceptors (Lipinski definition) is 0. The van der Waals surface area contributed by atoms with Crippen molar-refractivity contribution in [1.29, 1.82) is 0 Å². The summed E-state index contributed by atoms with van der Waals surface area (Å²) in [4.78, 5) is 0. The molecule has 0 heterocycles. The summed E-state index contributed by atoms with van der Waals surface area (Å²) in [6.07, 6.45) is 15.2. The van der Waals surface area contributed by atoms with Crippen LogP contribution in [0.4, 0.5) is 0 Å². The SMILES string of the molecule is C#C.C/C=C(\C=C/CCl)CC. The smallest absolute Gasteiger partial charge is 0.0407 e. The molecule has 0 spiro atoms. The van der Waals surface area contributed by atoms with E-state index >= 15 is 0 Å². The molecule has 0 nitrogen and oxygen atoms in total. The highest BCUT2D eigenvalue weighted by atomic mass is 35.5. The first kappa shape index (κ1) is 13.0. The van der Waals surface area contributed by atoms with E-state index in [4.69, 9.17) is 11.6 Å². The molecule has 0 aliphatic rings. The standard InChI is InChI=1S/C8H13Cl.C2H2/c1-3-8(4-2)6-5-7-9;1-2/h3,5-6H,4,7H2,1-2H3;1-2H/b6-5-,8-3-;. The zero-order valence-corrected chi connectivity index (χ0v) is 7.93. The Balaban J connectivity index is 0. The minimum absolute atomic E-state index is 0.608. The Labute approximate surface area is 75.0 Å². The lowest BCUT2D eigenvalue weighted by atomic mass is 10.2. The molecule has 0 aromatic rings. The topological polar surface area (TPSA) is 0 Å². The number of alkyl halides is 1. The van der Waals surface area contributed by atoms with Crippen molar-refractivity contribution in [2.75, 3.05) is 5.88 Å². The van der Waals surface area contributed by atoms with Crippen LogP contribution >= 0.6 is 11.6 Å². The van der Waals surface area contributed by atoms with Gasteiger partial charge in [0, 0.05) is 5.88 Å². The Kier molecular flexibility index (Phi) is 14.2. The molecule has 0 rings (SSSR count). The second kappa shape index (κ2) is 12.0. The second-order valence-electron chi connectivity index (χ2n) is 1.77. The summed E-state index contributed by atoms with van der Waals surface area (Å²) >= 11 is 5.45. The van der Waals surface area contributed by atoms with Gasteiger partial charge in [0.25, 0.3) is 0 Å². The van der Waals surface area contributed by atoms with Gasteiger partial charge in [-0.3, -0.25) is 0 Å². The Morgan fingerprint density at radius 2 is 2.00 bits per heavy atom. The van der Waals surface area contributed by atoms with Gasteiger partial charge in [-0.1, -0.05) is 30.7 Å². The molecule has 0 N–H and O–H groups in total. The highest BCUT2D eigenvalue weighted by molar-refractivity contribution is 6.18. The monoisotopic (exact) mass is 170 g/mol. The van der Waals surface area contributed by atoms with E-state index in [0.717, 1.165) is 6.42 Å². The van der Waals surface area contributed by atoms with Crippen LogP contribution in [0.3, 0.4) is 0 Å². The summed E-state index contributed by atoms with van der Waals surface area (Å²) in [7, 11) is 0. The number of rotatable bonds is 3. The van der Waals surface area contributed by atoms with Crippen LogP contribution in [0, 0.1) is 12.8 Å². The summed E-state index contributed by atoms with van der Waals surface area (Å²) in [6, 6.07) is 0. The zero-order valence-electron chi connectivity index (χ0n) is 7.18. The Morgan fingerprint density at radius 3 is 2.27 bits per heavy atom. The Bertz CT molecular complexity index is 140. The number of halogens is 1. The van der Waals surface area contributed by atoms with E-state index in [1.165, 1.54) is 5.57 Å². The fourth-order valence-corrected chi connectivity index (χ4v) is 0.703. The molecule has 1 heteroatoms. The van der Waals surface area contributed by atoms with Crippen molar-refractivity contribution in [3.63, 3.8) is 0 Å². The molecule has 0 radical (unpaired) electrons. The van der Waals surface area contributed by atoms with Crippen LogP contribution < -0.4 is 0 Å². The fourth-order valence-electron chi connectivity index (χ4n) is 0.614. The minimum atomic E-state index is 0.608. The molecule has 0 atom stereocenters. The van der Waals surface area contributed by atoms with E-state index in [9.17, 15) is 0 Å². The maximum atomic E-state index is 5.45. The molecule has 0 unspecified atom stereocenters. The summed E-state index contributed by atoms with van der Waals surface area (Å²) < 4.78 is 0. The van der Waals surface area contributed by atoms with Crippen LogP contribution in [0.2, 0.25) is 0 Å². The average molecular weight is 171 g/mol. The molecule has 0 aliphatic heterocycles. The largest absolute Gasteiger partial charge is 0.124 e. The maximum Gasteiger partial charge on any atom is 0.0407 e. The first-order chi connectivity index (χ1) is 5.35. The van der Waals surface area contributed by atoms with E-state index in [-0.39, 0.29) is 0 Å². The summed E-state index contributed by atoms with van der Waals surface area (Å²) in [6.45, 7) is 4.17. The third-order valence-electron chi connectivity index (χ3n) is 1.20. The highest BCUT2D eigenvalue weighted by Gasteiger charge is 1.81. The Hall–Kier alpha value is -0.670. The van der Waals surface area contributed by atoms with Crippen LogP contribution in [0.5, 0.6) is 0 Å². The lowest BCUT2D eigenvalue weighted by Gasteiger charge is -1.91. The van der Waals surface area contributed by atoms with Crippen molar-refractivity contribution in [3.05, 3.63) is 23.8 Å². The summed E-state index contributed by atoms with van der Waals surface area (Å²) in [5.41, 5.74) is 1.34. The van der Waals surface area contributed by atoms with Crippen molar-refractivity contribution in [1.82, 2.24) is 0 Å². The number of hydrogen-bond donors (Lipinski definition) is 0. The lowest BCUT2D eigenvalue weighted by Crippen LogP contribution is -1.72. The van der Waals surface area contributed by atoms with Gasteiger partial charge in [0.15, 0.2) is 0 Å². The van der Waals surface area contributed by atoms with Gasteiger partial charge >= 0.3 is 0 Å². The van der Waals surface area contributed by atoms with Crippen molar-refractivity contribution < 1.29 is 0 Å². The van der Waals surface area contributed by atoms with Gasteiger partial charge in [0.05, 0.1) is 0 Å². The van der Waals surface area contributed by atoms with Gasteiger partial charge in [0.1, 0.15) is 0 Å². The Morgan fingerprint density at radius 1 is 1.45 bits per heavy atom. The third kappa shape index (κ3) is 9.33. The van der Waals surface area contributed by atoms with Gasteiger partial charge in [-0.25, -0.2) is 0 Å². The van der Waals surface area contributed by atoms with E-state index in [1.807, 2.05) is 13.0 Å². The van der Waals surface area contributed by atoms with Crippen molar-refractivity contribution >= 4 is 11.6 Å². The predicted octanol–water partition coefficient (Wildman–Crippen LogP) is 3.39. The van der Waals surface area contributed by atoms with E-state index in [2.05, 4.69) is 31.9 Å². The van der Waals surface area contributed by atoms with Crippen LogP contribution in [0.25, 0.3) is 0 Å². The molecular weight excluding hydrogens is 156 g/mol. The van der Waals surface area contributed by atoms with Gasteiger partial charge < -0.3 is 0 Å². The summed E-state index contributed by atoms with van der Waals surface area (Å²) in [5.74, 6) is 0.608. The summed E-state index contributed by atoms with van der Waals surface area (Å²) in [5, 5.41) is 0. The molecule has 0 fully saturated rings. The molecule has 0 aliphatic carbocycles. The van der Waals surface area contributed by atoms with Crippen molar-refractivity contribution in [2.45, 2.75) is 20.3 Å². The predicted molar refractivity (Wildman–Crippen MR) is 53.8 cm³/mol. The van der Waals surface area contributed by atoms with Crippen molar-refractivity contribution in [2.24, 2.45) is 0 Å². The highest BCUT2D eigenvalue weighted by Crippen LogP contribution is 2.01. The van der Waals surface area contributed by atoms with E-state index < -0.39 is 0 Å². The molecule has 0 aromatic heterocycles. The van der Waals surface area contributed by atoms with Crippen LogP contribution in [0.15, 0.2) is 23.8 Å². The second-order valence-corrected chi connectivity index (χ2v) is 2.08. The maximum absolute atomic E-state index is 5.45.